The maximum absolute atomic E-state index is 13.0. The molecule has 0 spiro atoms. The molecule has 0 aliphatic carbocycles. The summed E-state index contributed by atoms with van der Waals surface area (Å²) in [5, 5.41) is 5.34. The number of anilines is 2. The van der Waals surface area contributed by atoms with Crippen LogP contribution in [0.2, 0.25) is 5.02 Å². The molecule has 2 aromatic rings. The minimum Gasteiger partial charge on any atom is -0.326 e. The third kappa shape index (κ3) is 4.75. The molecule has 0 aliphatic heterocycles. The van der Waals surface area contributed by atoms with Crippen LogP contribution in [-0.4, -0.2) is 11.8 Å². The fraction of sp³-hybridized carbons (Fsp3) is 0.125. The van der Waals surface area contributed by atoms with Gasteiger partial charge in [-0.1, -0.05) is 17.7 Å². The summed E-state index contributed by atoms with van der Waals surface area (Å²) in [5.41, 5.74) is 1.40. The second-order valence-corrected chi connectivity index (χ2v) is 5.27. The van der Waals surface area contributed by atoms with Gasteiger partial charge in [0.15, 0.2) is 11.6 Å². The number of aryl methyl sites for hydroxylation is 1. The summed E-state index contributed by atoms with van der Waals surface area (Å²) in [7, 11) is 0. The van der Waals surface area contributed by atoms with E-state index in [1.165, 1.54) is 6.07 Å². The molecule has 0 unspecified atom stereocenters. The molecule has 4 nitrogen and oxygen atoms in total. The van der Waals surface area contributed by atoms with Crippen LogP contribution in [0.3, 0.4) is 0 Å². The van der Waals surface area contributed by atoms with Gasteiger partial charge in [0, 0.05) is 22.5 Å². The van der Waals surface area contributed by atoms with Crippen LogP contribution in [0.5, 0.6) is 0 Å². The molecule has 0 saturated heterocycles. The van der Waals surface area contributed by atoms with Crippen molar-refractivity contribution in [3.8, 4) is 0 Å². The maximum atomic E-state index is 13.0. The fourth-order valence-corrected chi connectivity index (χ4v) is 1.98. The highest BCUT2D eigenvalue weighted by Gasteiger charge is 2.12. The average molecular weight is 339 g/mol. The third-order valence-corrected chi connectivity index (χ3v) is 3.39. The summed E-state index contributed by atoms with van der Waals surface area (Å²) in [6.07, 6.45) is -0.468. The number of carbonyl (C=O) groups excluding carboxylic acids is 2. The van der Waals surface area contributed by atoms with E-state index >= 15 is 0 Å². The first kappa shape index (κ1) is 16.9. The number of halogens is 3. The Labute approximate surface area is 136 Å². The highest BCUT2D eigenvalue weighted by molar-refractivity contribution is 6.31. The molecule has 120 valence electrons. The zero-order valence-corrected chi connectivity index (χ0v) is 12.9. The lowest BCUT2D eigenvalue weighted by Gasteiger charge is -2.08. The Morgan fingerprint density at radius 3 is 2.09 bits per heavy atom. The van der Waals surface area contributed by atoms with Crippen molar-refractivity contribution in [2.24, 2.45) is 0 Å². The van der Waals surface area contributed by atoms with Gasteiger partial charge in [0.1, 0.15) is 6.42 Å². The molecule has 2 aromatic carbocycles. The predicted octanol–water partition coefficient (Wildman–Crippen LogP) is 3.89. The largest absolute Gasteiger partial charge is 0.326 e. The Bertz CT molecular complexity index is 702. The minimum atomic E-state index is -1.08. The van der Waals surface area contributed by atoms with Crippen LogP contribution >= 0.6 is 11.6 Å². The molecule has 0 aromatic heterocycles. The molecule has 0 saturated carbocycles. The molecule has 0 heterocycles. The van der Waals surface area contributed by atoms with Crippen molar-refractivity contribution >= 4 is 34.8 Å². The van der Waals surface area contributed by atoms with Gasteiger partial charge in [-0.2, -0.15) is 0 Å². The zero-order valence-electron chi connectivity index (χ0n) is 12.1. The average Bonchev–Trinajstić information content (AvgIpc) is 2.46. The van der Waals surface area contributed by atoms with Crippen molar-refractivity contribution < 1.29 is 18.4 Å². The number of hydrogen-bond donors (Lipinski definition) is 2. The van der Waals surface area contributed by atoms with E-state index < -0.39 is 29.9 Å². The van der Waals surface area contributed by atoms with E-state index in [1.54, 1.807) is 18.2 Å². The van der Waals surface area contributed by atoms with E-state index in [-0.39, 0.29) is 5.69 Å². The van der Waals surface area contributed by atoms with E-state index in [0.717, 1.165) is 17.7 Å². The van der Waals surface area contributed by atoms with Crippen LogP contribution in [0, 0.1) is 18.6 Å². The number of hydrogen-bond acceptors (Lipinski definition) is 2. The van der Waals surface area contributed by atoms with Gasteiger partial charge in [-0.3, -0.25) is 9.59 Å². The summed E-state index contributed by atoms with van der Waals surface area (Å²) in [6, 6.07) is 7.89. The van der Waals surface area contributed by atoms with Crippen molar-refractivity contribution in [3.63, 3.8) is 0 Å². The van der Waals surface area contributed by atoms with Crippen molar-refractivity contribution in [1.82, 2.24) is 0 Å². The van der Waals surface area contributed by atoms with Crippen LogP contribution in [0.4, 0.5) is 20.2 Å². The Morgan fingerprint density at radius 1 is 0.957 bits per heavy atom. The summed E-state index contributed by atoms with van der Waals surface area (Å²) in [6.45, 7) is 1.82. The second-order valence-electron chi connectivity index (χ2n) is 4.87. The van der Waals surface area contributed by atoms with E-state index in [9.17, 15) is 18.4 Å². The Balaban J connectivity index is 1.92. The normalized spacial score (nSPS) is 10.3. The van der Waals surface area contributed by atoms with E-state index in [2.05, 4.69) is 10.6 Å². The SMILES string of the molecule is Cc1ccc(NC(=O)CC(=O)Nc2ccc(F)c(F)c2)cc1Cl. The summed E-state index contributed by atoms with van der Waals surface area (Å²) in [4.78, 5) is 23.5. The van der Waals surface area contributed by atoms with Gasteiger partial charge in [0.2, 0.25) is 11.8 Å². The summed E-state index contributed by atoms with van der Waals surface area (Å²) < 4.78 is 25.8. The third-order valence-electron chi connectivity index (χ3n) is 2.98. The van der Waals surface area contributed by atoms with Crippen LogP contribution in [0.25, 0.3) is 0 Å². The number of rotatable bonds is 4. The molecule has 2 N–H and O–H groups in total. The number of benzene rings is 2. The van der Waals surface area contributed by atoms with Gasteiger partial charge in [-0.15, -0.1) is 0 Å². The quantitative estimate of drug-likeness (QED) is 0.831. The smallest absolute Gasteiger partial charge is 0.233 e. The van der Waals surface area contributed by atoms with E-state index in [0.29, 0.717) is 10.7 Å². The zero-order chi connectivity index (χ0) is 17.0. The minimum absolute atomic E-state index is 0.0695. The molecule has 0 aliphatic rings. The molecule has 0 fully saturated rings. The number of carbonyl (C=O) groups is 2. The van der Waals surface area contributed by atoms with Crippen LogP contribution < -0.4 is 10.6 Å². The summed E-state index contributed by atoms with van der Waals surface area (Å²) >= 11 is 5.94. The first-order valence-corrected chi connectivity index (χ1v) is 7.04. The Hall–Kier alpha value is -2.47. The molecule has 0 bridgehead atoms. The van der Waals surface area contributed by atoms with Crippen molar-refractivity contribution in [2.75, 3.05) is 10.6 Å². The molecule has 23 heavy (non-hydrogen) atoms. The maximum Gasteiger partial charge on any atom is 0.233 e. The molecular weight excluding hydrogens is 326 g/mol. The second kappa shape index (κ2) is 7.19. The van der Waals surface area contributed by atoms with Crippen molar-refractivity contribution in [3.05, 3.63) is 58.6 Å². The molecular formula is C16H13ClF2N2O2. The first-order valence-electron chi connectivity index (χ1n) is 6.66. The van der Waals surface area contributed by atoms with Crippen molar-refractivity contribution in [2.45, 2.75) is 13.3 Å². The van der Waals surface area contributed by atoms with E-state index in [1.807, 2.05) is 6.92 Å². The Morgan fingerprint density at radius 2 is 1.52 bits per heavy atom. The van der Waals surface area contributed by atoms with Gasteiger partial charge in [0.25, 0.3) is 0 Å². The van der Waals surface area contributed by atoms with Gasteiger partial charge in [-0.25, -0.2) is 8.78 Å². The molecule has 0 atom stereocenters. The van der Waals surface area contributed by atoms with Crippen LogP contribution in [0.15, 0.2) is 36.4 Å². The summed E-state index contributed by atoms with van der Waals surface area (Å²) in [5.74, 6) is -3.30. The molecule has 2 amide bonds. The van der Waals surface area contributed by atoms with Crippen molar-refractivity contribution in [1.29, 1.82) is 0 Å². The molecule has 7 heteroatoms. The topological polar surface area (TPSA) is 58.2 Å². The standard InChI is InChI=1S/C16H13ClF2N2O2/c1-9-2-3-10(6-12(9)17)20-15(22)8-16(23)21-11-4-5-13(18)14(19)7-11/h2-7H,8H2,1H3,(H,20,22)(H,21,23). The first-order chi connectivity index (χ1) is 10.8. The fourth-order valence-electron chi connectivity index (χ4n) is 1.80. The van der Waals surface area contributed by atoms with E-state index in [4.69, 9.17) is 11.6 Å². The monoisotopic (exact) mass is 338 g/mol. The Kier molecular flexibility index (Phi) is 5.28. The highest BCUT2D eigenvalue weighted by Crippen LogP contribution is 2.20. The lowest BCUT2D eigenvalue weighted by Crippen LogP contribution is -2.21. The lowest BCUT2D eigenvalue weighted by molar-refractivity contribution is -0.123. The number of amides is 2. The highest BCUT2D eigenvalue weighted by atomic mass is 35.5. The number of nitrogens with one attached hydrogen (secondary N) is 2. The van der Waals surface area contributed by atoms with Crippen LogP contribution in [-0.2, 0) is 9.59 Å². The van der Waals surface area contributed by atoms with Gasteiger partial charge in [0.05, 0.1) is 0 Å². The predicted molar refractivity (Wildman–Crippen MR) is 84.4 cm³/mol. The van der Waals surface area contributed by atoms with Gasteiger partial charge < -0.3 is 10.6 Å². The molecule has 2 rings (SSSR count). The lowest BCUT2D eigenvalue weighted by atomic mass is 10.2. The van der Waals surface area contributed by atoms with Crippen LogP contribution in [0.1, 0.15) is 12.0 Å². The van der Waals surface area contributed by atoms with Gasteiger partial charge in [-0.05, 0) is 36.8 Å². The van der Waals surface area contributed by atoms with Gasteiger partial charge >= 0.3 is 0 Å². The molecule has 0 radical (unpaired) electrons.